The molecular weight excluding hydrogens is 493 g/mol. The summed E-state index contributed by atoms with van der Waals surface area (Å²) in [5.74, 6) is 0.145. The molecule has 0 unspecified atom stereocenters. The number of imidazole rings is 1. The molecule has 38 heavy (non-hydrogen) atoms. The predicted octanol–water partition coefficient (Wildman–Crippen LogP) is 4.09. The Morgan fingerprint density at radius 2 is 2.00 bits per heavy atom. The number of aryl methyl sites for hydroxylation is 1. The summed E-state index contributed by atoms with van der Waals surface area (Å²) in [6, 6.07) is 6.53. The van der Waals surface area contributed by atoms with Crippen LogP contribution in [-0.2, 0) is 11.3 Å². The number of carbonyl (C=O) groups excluding carboxylic acids is 1. The summed E-state index contributed by atoms with van der Waals surface area (Å²) in [7, 11) is 0. The van der Waals surface area contributed by atoms with Gasteiger partial charge in [-0.15, -0.1) is 0 Å². The van der Waals surface area contributed by atoms with Crippen LogP contribution < -0.4 is 9.64 Å². The number of ether oxygens (including phenoxy) is 2. The lowest BCUT2D eigenvalue weighted by atomic mass is 10.2. The van der Waals surface area contributed by atoms with Crippen molar-refractivity contribution in [3.8, 4) is 22.8 Å². The van der Waals surface area contributed by atoms with Crippen LogP contribution >= 0.6 is 0 Å². The summed E-state index contributed by atoms with van der Waals surface area (Å²) in [6.45, 7) is 2.62. The zero-order valence-corrected chi connectivity index (χ0v) is 20.3. The standard InChI is InChI=1S/C26H22FN7O4/c1-14-30-17-3-4-19(21(27)22(17)31-14)38-20-5-2-16-23(24(20)34-8-9-37-25(34)35)32-18(11-28-16)15-10-29-33(12-15)13-26(36)6-7-26/h2-5,10-12,36H,6-9,13H2,1H3,(H,30,31). The number of carbonyl (C=O) groups is 1. The second kappa shape index (κ2) is 8.21. The quantitative estimate of drug-likeness (QED) is 0.346. The van der Waals surface area contributed by atoms with Gasteiger partial charge in [0.05, 0.1) is 47.8 Å². The zero-order chi connectivity index (χ0) is 26.0. The number of cyclic esters (lactones) is 1. The molecular formula is C26H22FN7O4. The van der Waals surface area contributed by atoms with Crippen molar-refractivity contribution in [3.63, 3.8) is 0 Å². The number of nitrogens with one attached hydrogen (secondary N) is 1. The zero-order valence-electron chi connectivity index (χ0n) is 20.3. The first kappa shape index (κ1) is 22.6. The molecule has 2 aromatic carbocycles. The molecule has 2 fully saturated rings. The molecule has 1 aliphatic heterocycles. The molecule has 0 bridgehead atoms. The van der Waals surface area contributed by atoms with Crippen LogP contribution in [0.5, 0.6) is 11.5 Å². The molecule has 5 aromatic rings. The number of aliphatic hydroxyl groups is 1. The molecule has 3 aromatic heterocycles. The van der Waals surface area contributed by atoms with Gasteiger partial charge in [0.1, 0.15) is 29.2 Å². The molecule has 192 valence electrons. The van der Waals surface area contributed by atoms with E-state index < -0.39 is 17.5 Å². The number of anilines is 1. The Kier molecular flexibility index (Phi) is 4.89. The number of aromatic amines is 1. The Bertz CT molecular complexity index is 1740. The molecule has 0 atom stereocenters. The smallest absolute Gasteiger partial charge is 0.414 e. The normalized spacial score (nSPS) is 16.4. The van der Waals surface area contributed by atoms with Gasteiger partial charge in [-0.25, -0.2) is 19.2 Å². The van der Waals surface area contributed by atoms with Crippen LogP contribution in [0.2, 0.25) is 0 Å². The van der Waals surface area contributed by atoms with E-state index in [9.17, 15) is 9.90 Å². The number of benzene rings is 2. The van der Waals surface area contributed by atoms with Gasteiger partial charge in [0, 0.05) is 11.8 Å². The largest absolute Gasteiger partial charge is 0.452 e. The summed E-state index contributed by atoms with van der Waals surface area (Å²) < 4.78 is 28.2. The van der Waals surface area contributed by atoms with Gasteiger partial charge in [-0.3, -0.25) is 14.6 Å². The molecule has 1 aliphatic carbocycles. The highest BCUT2D eigenvalue weighted by molar-refractivity contribution is 6.02. The van der Waals surface area contributed by atoms with Crippen molar-refractivity contribution >= 4 is 33.8 Å². The van der Waals surface area contributed by atoms with Crippen LogP contribution in [0.25, 0.3) is 33.3 Å². The Labute approximate surface area is 214 Å². The lowest BCUT2D eigenvalue weighted by Gasteiger charge is -2.19. The summed E-state index contributed by atoms with van der Waals surface area (Å²) in [6.07, 6.45) is 6.02. The fraction of sp³-hybridized carbons (Fsp3) is 0.269. The molecule has 12 heteroatoms. The van der Waals surface area contributed by atoms with Gasteiger partial charge in [0.25, 0.3) is 0 Å². The van der Waals surface area contributed by atoms with Crippen molar-refractivity contribution in [3.05, 3.63) is 54.5 Å². The summed E-state index contributed by atoms with van der Waals surface area (Å²) in [5.41, 5.74) is 2.50. The van der Waals surface area contributed by atoms with Gasteiger partial charge in [-0.1, -0.05) is 0 Å². The van der Waals surface area contributed by atoms with E-state index in [0.29, 0.717) is 45.9 Å². The SMILES string of the molecule is Cc1nc2c(F)c(Oc3ccc4ncc(-c5cnn(CC6(O)CC6)c5)nc4c3N3CCOC3=O)ccc2[nH]1. The molecule has 1 saturated carbocycles. The van der Waals surface area contributed by atoms with E-state index in [1.54, 1.807) is 48.4 Å². The average Bonchev–Trinajstić information content (AvgIpc) is 3.25. The van der Waals surface area contributed by atoms with E-state index in [0.717, 1.165) is 12.8 Å². The molecule has 0 spiro atoms. The van der Waals surface area contributed by atoms with Gasteiger partial charge < -0.3 is 19.6 Å². The minimum atomic E-state index is -0.694. The highest BCUT2D eigenvalue weighted by Gasteiger charge is 2.41. The lowest BCUT2D eigenvalue weighted by molar-refractivity contribution is 0.125. The highest BCUT2D eigenvalue weighted by Crippen LogP contribution is 2.41. The Balaban J connectivity index is 1.33. The monoisotopic (exact) mass is 515 g/mol. The van der Waals surface area contributed by atoms with Crippen molar-refractivity contribution in [2.24, 2.45) is 0 Å². The summed E-state index contributed by atoms with van der Waals surface area (Å²) >= 11 is 0. The molecule has 2 aliphatic rings. The number of nitrogens with zero attached hydrogens (tertiary/aromatic N) is 6. The molecule has 11 nitrogen and oxygen atoms in total. The summed E-state index contributed by atoms with van der Waals surface area (Å²) in [5, 5.41) is 14.6. The maximum atomic E-state index is 15.3. The minimum Gasteiger partial charge on any atom is -0.452 e. The van der Waals surface area contributed by atoms with Crippen LogP contribution in [0.3, 0.4) is 0 Å². The molecule has 1 saturated heterocycles. The van der Waals surface area contributed by atoms with E-state index in [4.69, 9.17) is 14.5 Å². The Hall–Kier alpha value is -4.58. The first-order valence-electron chi connectivity index (χ1n) is 12.2. The number of aromatic nitrogens is 6. The first-order chi connectivity index (χ1) is 18.4. The minimum absolute atomic E-state index is 0.0411. The second-order valence-electron chi connectivity index (χ2n) is 9.65. The van der Waals surface area contributed by atoms with Crippen molar-refractivity contribution in [2.45, 2.75) is 31.9 Å². The number of amides is 1. The lowest BCUT2D eigenvalue weighted by Crippen LogP contribution is -2.24. The van der Waals surface area contributed by atoms with Crippen LogP contribution in [-0.4, -0.2) is 59.7 Å². The van der Waals surface area contributed by atoms with E-state index in [2.05, 4.69) is 20.1 Å². The van der Waals surface area contributed by atoms with Crippen molar-refractivity contribution in [1.82, 2.24) is 29.7 Å². The van der Waals surface area contributed by atoms with Gasteiger partial charge in [-0.2, -0.15) is 5.10 Å². The van der Waals surface area contributed by atoms with Gasteiger partial charge >= 0.3 is 6.09 Å². The number of hydrogen-bond donors (Lipinski definition) is 2. The third-order valence-corrected chi connectivity index (χ3v) is 6.79. The van der Waals surface area contributed by atoms with Crippen LogP contribution in [0.15, 0.2) is 42.9 Å². The molecule has 4 heterocycles. The van der Waals surface area contributed by atoms with Crippen molar-refractivity contribution < 1.29 is 23.8 Å². The summed E-state index contributed by atoms with van der Waals surface area (Å²) in [4.78, 5) is 30.6. The third-order valence-electron chi connectivity index (χ3n) is 6.79. The third kappa shape index (κ3) is 3.80. The molecule has 7 rings (SSSR count). The van der Waals surface area contributed by atoms with E-state index >= 15 is 4.39 Å². The molecule has 2 N–H and O–H groups in total. The fourth-order valence-corrected chi connectivity index (χ4v) is 4.65. The molecule has 1 amide bonds. The second-order valence-corrected chi connectivity index (χ2v) is 9.65. The van der Waals surface area contributed by atoms with E-state index in [1.807, 2.05) is 0 Å². The van der Waals surface area contributed by atoms with Crippen molar-refractivity contribution in [1.29, 1.82) is 0 Å². The number of hydrogen-bond acceptors (Lipinski definition) is 8. The van der Waals surface area contributed by atoms with Gasteiger partial charge in [0.2, 0.25) is 0 Å². The predicted molar refractivity (Wildman–Crippen MR) is 134 cm³/mol. The molecule has 0 radical (unpaired) electrons. The van der Waals surface area contributed by atoms with Gasteiger partial charge in [-0.05, 0) is 44.0 Å². The topological polar surface area (TPSA) is 131 Å². The highest BCUT2D eigenvalue weighted by atomic mass is 19.1. The van der Waals surface area contributed by atoms with E-state index in [-0.39, 0.29) is 30.2 Å². The van der Waals surface area contributed by atoms with Crippen LogP contribution in [0, 0.1) is 12.7 Å². The maximum Gasteiger partial charge on any atom is 0.414 e. The number of rotatable bonds is 6. The maximum absolute atomic E-state index is 15.3. The Morgan fingerprint density at radius 1 is 1.16 bits per heavy atom. The first-order valence-corrected chi connectivity index (χ1v) is 12.2. The average molecular weight is 516 g/mol. The van der Waals surface area contributed by atoms with Gasteiger partial charge in [0.15, 0.2) is 17.3 Å². The Morgan fingerprint density at radius 3 is 2.79 bits per heavy atom. The number of fused-ring (bicyclic) bond motifs is 2. The van der Waals surface area contributed by atoms with Crippen LogP contribution in [0.1, 0.15) is 18.7 Å². The number of H-pyrrole nitrogens is 1. The van der Waals surface area contributed by atoms with Crippen LogP contribution in [0.4, 0.5) is 14.9 Å². The van der Waals surface area contributed by atoms with Crippen molar-refractivity contribution in [2.75, 3.05) is 18.1 Å². The number of halogens is 1. The fourth-order valence-electron chi connectivity index (χ4n) is 4.65. The van der Waals surface area contributed by atoms with E-state index in [1.165, 1.54) is 11.0 Å².